The molecule has 1 aliphatic rings. The molecular weight excluding hydrogens is 296 g/mol. The number of nitrogens with one attached hydrogen (secondary N) is 1. The van der Waals surface area contributed by atoms with E-state index in [1.165, 1.54) is 6.07 Å². The molecule has 1 aromatic carbocycles. The lowest BCUT2D eigenvalue weighted by molar-refractivity contribution is -0.385. The number of nitro groups is 1. The van der Waals surface area contributed by atoms with Gasteiger partial charge >= 0.3 is 0 Å². The van der Waals surface area contributed by atoms with Crippen LogP contribution in [0.5, 0.6) is 0 Å². The number of rotatable bonds is 5. The number of nitrogens with zero attached hydrogens (tertiary/aromatic N) is 3. The molecule has 1 heterocycles. The minimum absolute atomic E-state index is 0.0533. The Bertz CT molecular complexity index is 583. The first-order valence-corrected chi connectivity index (χ1v) is 7.93. The van der Waals surface area contributed by atoms with Gasteiger partial charge in [0.2, 0.25) is 5.91 Å². The number of anilines is 1. The average molecular weight is 320 g/mol. The highest BCUT2D eigenvalue weighted by atomic mass is 16.6. The molecule has 1 fully saturated rings. The lowest BCUT2D eigenvalue weighted by Crippen LogP contribution is -2.51. The van der Waals surface area contributed by atoms with Gasteiger partial charge in [0.05, 0.1) is 11.0 Å². The maximum atomic E-state index is 12.4. The van der Waals surface area contributed by atoms with Crippen LogP contribution in [-0.4, -0.2) is 59.9 Å². The molecule has 7 heteroatoms. The smallest absolute Gasteiger partial charge is 0.274 e. The van der Waals surface area contributed by atoms with E-state index in [4.69, 9.17) is 0 Å². The summed E-state index contributed by atoms with van der Waals surface area (Å²) in [5.74, 6) is -0.131. The Hall–Kier alpha value is -1.99. The van der Waals surface area contributed by atoms with Crippen molar-refractivity contribution in [2.24, 2.45) is 0 Å². The first kappa shape index (κ1) is 17.4. The minimum Gasteiger partial charge on any atom is -0.324 e. The number of amides is 1. The molecule has 7 nitrogen and oxygen atoms in total. The molecule has 2 rings (SSSR count). The minimum atomic E-state index is -0.404. The van der Waals surface area contributed by atoms with Gasteiger partial charge in [0.25, 0.3) is 5.69 Å². The SMILES string of the molecule is CCc1ccc(NC(=O)[C@@H](C)N2CCN(C)CC2)cc1[N+](=O)[O-]. The van der Waals surface area contributed by atoms with E-state index in [0.29, 0.717) is 17.7 Å². The first-order chi connectivity index (χ1) is 10.9. The summed E-state index contributed by atoms with van der Waals surface area (Å²) in [5, 5.41) is 13.9. The molecule has 1 N–H and O–H groups in total. The van der Waals surface area contributed by atoms with Crippen LogP contribution in [0.1, 0.15) is 19.4 Å². The monoisotopic (exact) mass is 320 g/mol. The molecule has 1 aromatic rings. The molecule has 1 amide bonds. The van der Waals surface area contributed by atoms with Gasteiger partial charge < -0.3 is 10.2 Å². The number of nitro benzene ring substituents is 1. The summed E-state index contributed by atoms with van der Waals surface area (Å²) < 4.78 is 0. The normalized spacial score (nSPS) is 17.7. The Labute approximate surface area is 136 Å². The van der Waals surface area contributed by atoms with Crippen LogP contribution in [0.4, 0.5) is 11.4 Å². The van der Waals surface area contributed by atoms with E-state index in [2.05, 4.69) is 22.2 Å². The fourth-order valence-electron chi connectivity index (χ4n) is 2.73. The van der Waals surface area contributed by atoms with Crippen molar-refractivity contribution in [3.05, 3.63) is 33.9 Å². The second-order valence-electron chi connectivity index (χ2n) is 5.96. The van der Waals surface area contributed by atoms with Gasteiger partial charge in [-0.25, -0.2) is 0 Å². The van der Waals surface area contributed by atoms with Gasteiger partial charge in [-0.3, -0.25) is 19.8 Å². The number of likely N-dealkylation sites (N-methyl/N-ethyl adjacent to an activating group) is 1. The van der Waals surface area contributed by atoms with E-state index in [-0.39, 0.29) is 17.6 Å². The van der Waals surface area contributed by atoms with E-state index < -0.39 is 4.92 Å². The van der Waals surface area contributed by atoms with Crippen LogP contribution in [0.3, 0.4) is 0 Å². The van der Waals surface area contributed by atoms with Gasteiger partial charge in [-0.1, -0.05) is 13.0 Å². The molecule has 0 unspecified atom stereocenters. The van der Waals surface area contributed by atoms with Crippen LogP contribution >= 0.6 is 0 Å². The van der Waals surface area contributed by atoms with E-state index >= 15 is 0 Å². The number of carbonyl (C=O) groups is 1. The topological polar surface area (TPSA) is 78.7 Å². The number of piperazine rings is 1. The largest absolute Gasteiger partial charge is 0.324 e. The number of benzene rings is 1. The van der Waals surface area contributed by atoms with Crippen molar-refractivity contribution in [1.29, 1.82) is 0 Å². The standard InChI is InChI=1S/C16H24N4O3/c1-4-13-5-6-14(11-15(13)20(22)23)17-16(21)12(2)19-9-7-18(3)8-10-19/h5-6,11-12H,4,7-10H2,1-3H3,(H,17,21)/t12-/m1/s1. The Kier molecular flexibility index (Phi) is 5.68. The van der Waals surface area contributed by atoms with Crippen LogP contribution in [0, 0.1) is 10.1 Å². The van der Waals surface area contributed by atoms with Crippen molar-refractivity contribution < 1.29 is 9.72 Å². The predicted octanol–water partition coefficient (Wildman–Crippen LogP) is 1.73. The Morgan fingerprint density at radius 1 is 1.35 bits per heavy atom. The van der Waals surface area contributed by atoms with Gasteiger partial charge in [0.1, 0.15) is 0 Å². The van der Waals surface area contributed by atoms with Crippen molar-refractivity contribution in [2.45, 2.75) is 26.3 Å². The first-order valence-electron chi connectivity index (χ1n) is 7.93. The molecule has 0 bridgehead atoms. The molecule has 1 atom stereocenters. The predicted molar refractivity (Wildman–Crippen MR) is 89.6 cm³/mol. The summed E-state index contributed by atoms with van der Waals surface area (Å²) in [7, 11) is 2.07. The van der Waals surface area contributed by atoms with Gasteiger partial charge in [0.15, 0.2) is 0 Å². The second-order valence-corrected chi connectivity index (χ2v) is 5.96. The van der Waals surface area contributed by atoms with Crippen LogP contribution in [-0.2, 0) is 11.2 Å². The molecule has 0 aliphatic carbocycles. The number of hydrogen-bond acceptors (Lipinski definition) is 5. The Morgan fingerprint density at radius 2 is 2.00 bits per heavy atom. The van der Waals surface area contributed by atoms with Gasteiger partial charge in [-0.2, -0.15) is 0 Å². The third kappa shape index (κ3) is 4.27. The van der Waals surface area contributed by atoms with Gasteiger partial charge in [-0.15, -0.1) is 0 Å². The summed E-state index contributed by atoms with van der Waals surface area (Å²) in [6.07, 6.45) is 0.586. The number of hydrogen-bond donors (Lipinski definition) is 1. The molecule has 126 valence electrons. The van der Waals surface area contributed by atoms with Crippen molar-refractivity contribution in [3.8, 4) is 0 Å². The van der Waals surface area contributed by atoms with Crippen molar-refractivity contribution in [2.75, 3.05) is 38.5 Å². The van der Waals surface area contributed by atoms with E-state index in [1.807, 2.05) is 13.8 Å². The summed E-state index contributed by atoms with van der Waals surface area (Å²) in [6.45, 7) is 7.31. The van der Waals surface area contributed by atoms with Gasteiger partial charge in [-0.05, 0) is 26.5 Å². The quantitative estimate of drug-likeness (QED) is 0.660. The molecule has 0 spiro atoms. The number of aryl methyl sites for hydroxylation is 1. The van der Waals surface area contributed by atoms with Crippen molar-refractivity contribution >= 4 is 17.3 Å². The van der Waals surface area contributed by atoms with E-state index in [9.17, 15) is 14.9 Å². The van der Waals surface area contributed by atoms with Crippen molar-refractivity contribution in [1.82, 2.24) is 9.80 Å². The molecule has 0 aromatic heterocycles. The highest BCUT2D eigenvalue weighted by molar-refractivity contribution is 5.94. The van der Waals surface area contributed by atoms with Crippen LogP contribution in [0.2, 0.25) is 0 Å². The third-order valence-electron chi connectivity index (χ3n) is 4.40. The molecular formula is C16H24N4O3. The maximum Gasteiger partial charge on any atom is 0.274 e. The highest BCUT2D eigenvalue weighted by Crippen LogP contribution is 2.24. The maximum absolute atomic E-state index is 12.4. The zero-order chi connectivity index (χ0) is 17.0. The fourth-order valence-corrected chi connectivity index (χ4v) is 2.73. The summed E-state index contributed by atoms with van der Waals surface area (Å²) in [5.41, 5.74) is 1.19. The van der Waals surface area contributed by atoms with Crippen LogP contribution in [0.15, 0.2) is 18.2 Å². The molecule has 0 saturated carbocycles. The van der Waals surface area contributed by atoms with Crippen molar-refractivity contribution in [3.63, 3.8) is 0 Å². The van der Waals surface area contributed by atoms with E-state index in [0.717, 1.165) is 26.2 Å². The average Bonchev–Trinajstić information content (AvgIpc) is 2.54. The lowest BCUT2D eigenvalue weighted by Gasteiger charge is -2.35. The zero-order valence-corrected chi connectivity index (χ0v) is 13.9. The highest BCUT2D eigenvalue weighted by Gasteiger charge is 2.25. The summed E-state index contributed by atoms with van der Waals surface area (Å²) in [4.78, 5) is 27.5. The molecule has 23 heavy (non-hydrogen) atoms. The summed E-state index contributed by atoms with van der Waals surface area (Å²) in [6, 6.07) is 4.61. The van der Waals surface area contributed by atoms with Crippen LogP contribution < -0.4 is 5.32 Å². The number of carbonyl (C=O) groups excluding carboxylic acids is 1. The molecule has 0 radical (unpaired) electrons. The lowest BCUT2D eigenvalue weighted by atomic mass is 10.1. The Morgan fingerprint density at radius 3 is 2.57 bits per heavy atom. The Balaban J connectivity index is 2.05. The summed E-state index contributed by atoms with van der Waals surface area (Å²) >= 11 is 0. The van der Waals surface area contributed by atoms with Crippen LogP contribution in [0.25, 0.3) is 0 Å². The van der Waals surface area contributed by atoms with E-state index in [1.54, 1.807) is 12.1 Å². The second kappa shape index (κ2) is 7.52. The molecule has 1 saturated heterocycles. The molecule has 1 aliphatic heterocycles. The third-order valence-corrected chi connectivity index (χ3v) is 4.40. The fraction of sp³-hybridized carbons (Fsp3) is 0.562. The van der Waals surface area contributed by atoms with Gasteiger partial charge in [0, 0.05) is 43.5 Å². The zero-order valence-electron chi connectivity index (χ0n) is 13.9.